The van der Waals surface area contributed by atoms with Gasteiger partial charge in [0.15, 0.2) is 0 Å². The van der Waals surface area contributed by atoms with Crippen molar-refractivity contribution in [3.8, 4) is 5.75 Å². The molecule has 1 amide bonds. The van der Waals surface area contributed by atoms with Crippen LogP contribution in [0.25, 0.3) is 10.8 Å². The van der Waals surface area contributed by atoms with Gasteiger partial charge < -0.3 is 4.74 Å². The molecule has 0 aliphatic rings. The van der Waals surface area contributed by atoms with Crippen LogP contribution < -0.4 is 14.5 Å². The van der Waals surface area contributed by atoms with Crippen LogP contribution in [-0.4, -0.2) is 27.1 Å². The predicted molar refractivity (Wildman–Crippen MR) is 163 cm³/mol. The molecular formula is C33H28FN3O4S. The number of hydrogen-bond acceptors (Lipinski definition) is 5. The maximum atomic E-state index is 14.6. The smallest absolute Gasteiger partial charge is 0.264 e. The molecule has 0 atom stereocenters. The van der Waals surface area contributed by atoms with Gasteiger partial charge in [0.2, 0.25) is 0 Å². The standard InChI is InChI=1S/C33H28FN3O4S/c1-24-13-19-29(20-14-24)42(39,40)37(32-12-5-4-11-31(32)34)22-33(38)36-35-21-25-15-17-28(18-16-25)41-23-27-9-6-8-26-7-2-3-10-30(26)27/h2-21H,22-23H2,1H3,(H,36,38)/b35-21+. The van der Waals surface area contributed by atoms with Gasteiger partial charge in [-0.3, -0.25) is 9.10 Å². The SMILES string of the molecule is Cc1ccc(S(=O)(=O)N(CC(=O)N/N=C/c2ccc(OCc3cccc4ccccc34)cc2)c2ccccc2F)cc1. The lowest BCUT2D eigenvalue weighted by Crippen LogP contribution is -2.40. The van der Waals surface area contributed by atoms with Gasteiger partial charge in [0.25, 0.3) is 15.9 Å². The predicted octanol–water partition coefficient (Wildman–Crippen LogP) is 6.21. The van der Waals surface area contributed by atoms with E-state index in [0.717, 1.165) is 32.3 Å². The molecule has 0 aliphatic heterocycles. The summed E-state index contributed by atoms with van der Waals surface area (Å²) in [5, 5.41) is 6.24. The molecule has 0 radical (unpaired) electrons. The molecule has 7 nitrogen and oxygen atoms in total. The number of carbonyl (C=O) groups excluding carboxylic acids is 1. The molecule has 0 fully saturated rings. The Bertz CT molecular complexity index is 1840. The number of para-hydroxylation sites is 1. The van der Waals surface area contributed by atoms with Gasteiger partial charge in [-0.25, -0.2) is 18.2 Å². The van der Waals surface area contributed by atoms with Gasteiger partial charge in [0.05, 0.1) is 16.8 Å². The summed E-state index contributed by atoms with van der Waals surface area (Å²) in [6.45, 7) is 1.56. The van der Waals surface area contributed by atoms with Crippen molar-refractivity contribution in [3.63, 3.8) is 0 Å². The van der Waals surface area contributed by atoms with Crippen LogP contribution in [0.2, 0.25) is 0 Å². The zero-order chi connectivity index (χ0) is 29.5. The maximum absolute atomic E-state index is 14.6. The first-order valence-electron chi connectivity index (χ1n) is 13.2. The number of sulfonamides is 1. The number of nitrogens with zero attached hydrogens (tertiary/aromatic N) is 2. The van der Waals surface area contributed by atoms with Crippen molar-refractivity contribution in [2.45, 2.75) is 18.4 Å². The number of rotatable bonds is 10. The molecule has 42 heavy (non-hydrogen) atoms. The first kappa shape index (κ1) is 28.5. The maximum Gasteiger partial charge on any atom is 0.264 e. The summed E-state index contributed by atoms with van der Waals surface area (Å²) in [7, 11) is -4.24. The van der Waals surface area contributed by atoms with E-state index in [9.17, 15) is 17.6 Å². The lowest BCUT2D eigenvalue weighted by molar-refractivity contribution is -0.119. The highest BCUT2D eigenvalue weighted by atomic mass is 32.2. The Balaban J connectivity index is 1.23. The first-order valence-corrected chi connectivity index (χ1v) is 14.6. The first-order chi connectivity index (χ1) is 20.3. The molecule has 0 aromatic heterocycles. The minimum atomic E-state index is -4.24. The number of carbonyl (C=O) groups is 1. The average molecular weight is 582 g/mol. The number of amides is 1. The van der Waals surface area contributed by atoms with Crippen molar-refractivity contribution >= 4 is 38.6 Å². The number of hydrogen-bond donors (Lipinski definition) is 1. The minimum Gasteiger partial charge on any atom is -0.489 e. The van der Waals surface area contributed by atoms with Gasteiger partial charge >= 0.3 is 0 Å². The summed E-state index contributed by atoms with van der Waals surface area (Å²) in [5.41, 5.74) is 4.72. The second-order valence-electron chi connectivity index (χ2n) is 9.57. The topological polar surface area (TPSA) is 88.1 Å². The molecule has 5 aromatic rings. The van der Waals surface area contributed by atoms with Crippen molar-refractivity contribution < 1.29 is 22.3 Å². The van der Waals surface area contributed by atoms with Crippen molar-refractivity contribution in [1.29, 1.82) is 0 Å². The fraction of sp³-hybridized carbons (Fsp3) is 0.0909. The monoisotopic (exact) mass is 581 g/mol. The zero-order valence-electron chi connectivity index (χ0n) is 22.8. The Labute approximate surface area is 243 Å². The van der Waals surface area contributed by atoms with E-state index in [1.807, 2.05) is 31.2 Å². The molecule has 0 saturated carbocycles. The van der Waals surface area contributed by atoms with Gasteiger partial charge in [-0.05, 0) is 77.4 Å². The van der Waals surface area contributed by atoms with E-state index in [1.165, 1.54) is 36.5 Å². The Kier molecular flexibility index (Phi) is 8.59. The molecule has 0 aliphatic carbocycles. The summed E-state index contributed by atoms with van der Waals surface area (Å²) >= 11 is 0. The van der Waals surface area contributed by atoms with Crippen LogP contribution in [0.5, 0.6) is 5.75 Å². The fourth-order valence-electron chi connectivity index (χ4n) is 4.37. The van der Waals surface area contributed by atoms with E-state index in [0.29, 0.717) is 17.9 Å². The van der Waals surface area contributed by atoms with Crippen LogP contribution >= 0.6 is 0 Å². The fourth-order valence-corrected chi connectivity index (χ4v) is 5.79. The third kappa shape index (κ3) is 6.64. The zero-order valence-corrected chi connectivity index (χ0v) is 23.6. The van der Waals surface area contributed by atoms with E-state index < -0.39 is 28.3 Å². The van der Waals surface area contributed by atoms with Crippen LogP contribution in [-0.2, 0) is 21.4 Å². The van der Waals surface area contributed by atoms with Gasteiger partial charge in [-0.2, -0.15) is 5.10 Å². The van der Waals surface area contributed by atoms with Gasteiger partial charge in [-0.15, -0.1) is 0 Å². The summed E-state index contributed by atoms with van der Waals surface area (Å²) in [6.07, 6.45) is 1.42. The van der Waals surface area contributed by atoms with E-state index in [2.05, 4.69) is 28.7 Å². The largest absolute Gasteiger partial charge is 0.489 e. The van der Waals surface area contributed by atoms with E-state index in [1.54, 1.807) is 36.4 Å². The normalized spacial score (nSPS) is 11.5. The highest BCUT2D eigenvalue weighted by Gasteiger charge is 2.29. The molecule has 0 spiro atoms. The van der Waals surface area contributed by atoms with E-state index in [-0.39, 0.29) is 10.6 Å². The molecule has 5 aromatic carbocycles. The molecule has 0 heterocycles. The molecule has 0 saturated heterocycles. The molecule has 9 heteroatoms. The lowest BCUT2D eigenvalue weighted by Gasteiger charge is -2.24. The van der Waals surface area contributed by atoms with Crippen molar-refractivity contribution in [2.24, 2.45) is 5.10 Å². The highest BCUT2D eigenvalue weighted by Crippen LogP contribution is 2.26. The second-order valence-corrected chi connectivity index (χ2v) is 11.4. The van der Waals surface area contributed by atoms with Gasteiger partial charge in [-0.1, -0.05) is 72.3 Å². The van der Waals surface area contributed by atoms with Crippen LogP contribution in [0, 0.1) is 12.7 Å². The van der Waals surface area contributed by atoms with Crippen LogP contribution in [0.1, 0.15) is 16.7 Å². The molecule has 212 valence electrons. The summed E-state index contributed by atoms with van der Waals surface area (Å²) in [4.78, 5) is 12.7. The number of nitrogens with one attached hydrogen (secondary N) is 1. The van der Waals surface area contributed by atoms with Gasteiger partial charge in [0.1, 0.15) is 24.7 Å². The third-order valence-electron chi connectivity index (χ3n) is 6.57. The highest BCUT2D eigenvalue weighted by molar-refractivity contribution is 7.92. The number of ether oxygens (including phenoxy) is 1. The van der Waals surface area contributed by atoms with Crippen molar-refractivity contribution in [3.05, 3.63) is 138 Å². The van der Waals surface area contributed by atoms with Crippen molar-refractivity contribution in [1.82, 2.24) is 5.43 Å². The second kappa shape index (κ2) is 12.7. The summed E-state index contributed by atoms with van der Waals surface area (Å²) in [6, 6.07) is 32.9. The Morgan fingerprint density at radius 3 is 2.33 bits per heavy atom. The van der Waals surface area contributed by atoms with Gasteiger partial charge in [0, 0.05) is 0 Å². The number of fused-ring (bicyclic) bond motifs is 1. The van der Waals surface area contributed by atoms with Crippen LogP contribution in [0.3, 0.4) is 0 Å². The summed E-state index contributed by atoms with van der Waals surface area (Å²) < 4.78 is 48.1. The number of hydrazone groups is 1. The molecule has 0 unspecified atom stereocenters. The average Bonchev–Trinajstić information content (AvgIpc) is 3.00. The van der Waals surface area contributed by atoms with Crippen LogP contribution in [0.15, 0.2) is 125 Å². The van der Waals surface area contributed by atoms with E-state index in [4.69, 9.17) is 4.74 Å². The Hall–Kier alpha value is -5.02. The molecule has 1 N–H and O–H groups in total. The lowest BCUT2D eigenvalue weighted by atomic mass is 10.1. The molecular weight excluding hydrogens is 553 g/mol. The quantitative estimate of drug-likeness (QED) is 0.157. The number of aryl methyl sites for hydroxylation is 1. The Morgan fingerprint density at radius 2 is 1.57 bits per heavy atom. The number of anilines is 1. The Morgan fingerprint density at radius 1 is 0.881 bits per heavy atom. The summed E-state index contributed by atoms with van der Waals surface area (Å²) in [5.74, 6) is -0.835. The van der Waals surface area contributed by atoms with E-state index >= 15 is 0 Å². The molecule has 0 bridgehead atoms. The third-order valence-corrected chi connectivity index (χ3v) is 8.35. The van der Waals surface area contributed by atoms with Crippen LogP contribution in [0.4, 0.5) is 10.1 Å². The number of benzene rings is 5. The number of halogens is 1. The minimum absolute atomic E-state index is 0.0598. The molecule has 5 rings (SSSR count). The van der Waals surface area contributed by atoms with Crippen molar-refractivity contribution in [2.75, 3.05) is 10.8 Å².